The van der Waals surface area contributed by atoms with Crippen molar-refractivity contribution >= 4 is 30.0 Å². The highest BCUT2D eigenvalue weighted by atomic mass is 32.2. The molecule has 31 heavy (non-hydrogen) atoms. The number of aliphatic hydroxyl groups excluding tert-OH is 1. The summed E-state index contributed by atoms with van der Waals surface area (Å²) in [5.74, 6) is 1.90. The van der Waals surface area contributed by atoms with Gasteiger partial charge < -0.3 is 31.6 Å². The Kier molecular flexibility index (Phi) is 8.59. The van der Waals surface area contributed by atoms with Crippen LogP contribution < -0.4 is 11.5 Å². The molecule has 1 heterocycles. The molecular weight excluding hydrogens is 410 g/mol. The highest BCUT2D eigenvalue weighted by molar-refractivity contribution is 8.00. The molecule has 1 aromatic carbocycles. The maximum atomic E-state index is 9.69. The summed E-state index contributed by atoms with van der Waals surface area (Å²) in [7, 11) is 1.52. The first-order valence-electron chi connectivity index (χ1n) is 10.3. The predicted molar refractivity (Wildman–Crippen MR) is 131 cm³/mol. The van der Waals surface area contributed by atoms with E-state index in [4.69, 9.17) is 27.0 Å². The van der Waals surface area contributed by atoms with Crippen LogP contribution in [0.2, 0.25) is 0 Å². The maximum absolute atomic E-state index is 9.69. The van der Waals surface area contributed by atoms with Crippen molar-refractivity contribution in [3.63, 3.8) is 0 Å². The molecule has 1 aliphatic heterocycles. The van der Waals surface area contributed by atoms with Crippen LogP contribution in [0.4, 0.5) is 0 Å². The van der Waals surface area contributed by atoms with E-state index in [1.807, 2.05) is 12.1 Å². The first-order chi connectivity index (χ1) is 14.8. The van der Waals surface area contributed by atoms with E-state index in [-0.39, 0.29) is 16.8 Å². The number of hydrogen-bond acceptors (Lipinski definition) is 7. The van der Waals surface area contributed by atoms with Crippen LogP contribution in [-0.2, 0) is 10.2 Å². The summed E-state index contributed by atoms with van der Waals surface area (Å²) < 4.78 is 4.68. The van der Waals surface area contributed by atoms with E-state index >= 15 is 0 Å². The highest BCUT2D eigenvalue weighted by Crippen LogP contribution is 2.49. The number of nitrogens with zero attached hydrogens (tertiary/aromatic N) is 1. The minimum absolute atomic E-state index is 0.112. The van der Waals surface area contributed by atoms with E-state index in [0.717, 1.165) is 37.2 Å². The van der Waals surface area contributed by atoms with Crippen molar-refractivity contribution in [2.45, 2.75) is 36.3 Å². The van der Waals surface area contributed by atoms with Gasteiger partial charge in [-0.2, -0.15) is 11.8 Å². The quantitative estimate of drug-likeness (QED) is 0.249. The molecule has 1 atom stereocenters. The van der Waals surface area contributed by atoms with Crippen LogP contribution in [-0.4, -0.2) is 59.9 Å². The molecule has 0 amide bonds. The van der Waals surface area contributed by atoms with Gasteiger partial charge >= 0.3 is 0 Å². The van der Waals surface area contributed by atoms with E-state index in [9.17, 15) is 5.11 Å². The largest absolute Gasteiger partial charge is 0.483 e. The molecule has 3 rings (SSSR count). The molecule has 1 aromatic rings. The summed E-state index contributed by atoms with van der Waals surface area (Å²) in [6.07, 6.45) is 6.28. The van der Waals surface area contributed by atoms with Gasteiger partial charge in [0, 0.05) is 41.1 Å². The van der Waals surface area contributed by atoms with Gasteiger partial charge in [0.1, 0.15) is 0 Å². The number of nitrogens with two attached hydrogens (primary N) is 2. The van der Waals surface area contributed by atoms with E-state index in [1.54, 1.807) is 23.9 Å². The van der Waals surface area contributed by atoms with Gasteiger partial charge in [0.2, 0.25) is 0 Å². The molecule has 170 valence electrons. The van der Waals surface area contributed by atoms with Crippen molar-refractivity contribution in [3.8, 4) is 0 Å². The number of thioether (sulfide) groups is 1. The lowest BCUT2D eigenvalue weighted by Crippen LogP contribution is -2.39. The molecule has 7 N–H and O–H groups in total. The van der Waals surface area contributed by atoms with Crippen LogP contribution >= 0.6 is 11.8 Å². The van der Waals surface area contributed by atoms with Gasteiger partial charge in [0.05, 0.1) is 19.6 Å². The van der Waals surface area contributed by atoms with Crippen LogP contribution in [0.3, 0.4) is 0 Å². The number of hydrogen-bond donors (Lipinski definition) is 5. The monoisotopic (exact) mass is 445 g/mol. The Morgan fingerprint density at radius 1 is 1.26 bits per heavy atom. The third-order valence-corrected chi connectivity index (χ3v) is 7.27. The van der Waals surface area contributed by atoms with E-state index in [2.05, 4.69) is 30.7 Å². The lowest BCUT2D eigenvalue weighted by atomic mass is 9.93. The SMILES string of the molecule is C=N.CO/C(N)=C/C=C(\N)c1ccc(C2(CN3CCSC(C)(CO)CC3=N)CC2)cc1. The fourth-order valence-corrected chi connectivity index (χ4v) is 4.87. The van der Waals surface area contributed by atoms with Crippen LogP contribution in [0.15, 0.2) is 42.3 Å². The molecule has 0 spiro atoms. The zero-order valence-electron chi connectivity index (χ0n) is 18.5. The average Bonchev–Trinajstić information content (AvgIpc) is 3.59. The first-order valence-corrected chi connectivity index (χ1v) is 11.3. The summed E-state index contributed by atoms with van der Waals surface area (Å²) in [6, 6.07) is 8.40. The Morgan fingerprint density at radius 3 is 2.45 bits per heavy atom. The smallest absolute Gasteiger partial charge is 0.183 e. The predicted octanol–water partition coefficient (Wildman–Crippen LogP) is 2.90. The van der Waals surface area contributed by atoms with Crippen molar-refractivity contribution in [1.82, 2.24) is 4.90 Å². The molecule has 1 unspecified atom stereocenters. The number of methoxy groups -OCH3 is 1. The fraction of sp³-hybridized carbons (Fsp3) is 0.478. The number of allylic oxidation sites excluding steroid dienone is 2. The lowest BCUT2D eigenvalue weighted by Gasteiger charge is -2.30. The summed E-state index contributed by atoms with van der Waals surface area (Å²) in [6.45, 7) is 6.39. The third-order valence-electron chi connectivity index (χ3n) is 5.91. The number of aliphatic hydroxyl groups is 1. The second kappa shape index (κ2) is 10.7. The molecule has 2 aliphatic rings. The van der Waals surface area contributed by atoms with Crippen LogP contribution in [0.25, 0.3) is 5.70 Å². The van der Waals surface area contributed by atoms with Gasteiger partial charge in [-0.25, -0.2) is 0 Å². The molecule has 1 aliphatic carbocycles. The molecule has 0 radical (unpaired) electrons. The standard InChI is InChI=1S/C22H32N4O2S.CH3N/c1-21(15-27)13-19(24)26(11-12-29-21)14-22(9-10-22)17-5-3-16(4-6-17)18(23)7-8-20(25)28-2;1-2/h3-8,24,27H,9-15,23,25H2,1-2H3;2H,1H2/b18-7-,20-8+,24-19?;. The molecule has 7 nitrogen and oxygen atoms in total. The van der Waals surface area contributed by atoms with Gasteiger partial charge in [-0.15, -0.1) is 0 Å². The van der Waals surface area contributed by atoms with Gasteiger partial charge in [-0.3, -0.25) is 5.41 Å². The Bertz CT molecular complexity index is 820. The normalized spacial score (nSPS) is 23.5. The second-order valence-electron chi connectivity index (χ2n) is 8.25. The van der Waals surface area contributed by atoms with E-state index in [0.29, 0.717) is 23.8 Å². The number of benzene rings is 1. The molecule has 1 saturated heterocycles. The van der Waals surface area contributed by atoms with Crippen molar-refractivity contribution in [2.24, 2.45) is 11.5 Å². The lowest BCUT2D eigenvalue weighted by molar-refractivity contribution is 0.257. The summed E-state index contributed by atoms with van der Waals surface area (Å²) in [5.41, 5.74) is 14.8. The molecule has 8 heteroatoms. The van der Waals surface area contributed by atoms with Crippen LogP contribution in [0.5, 0.6) is 0 Å². The molecule has 1 saturated carbocycles. The minimum Gasteiger partial charge on any atom is -0.483 e. The third kappa shape index (κ3) is 6.27. The molecular formula is C23H35N5O2S. The number of ether oxygens (including phenoxy) is 1. The highest BCUT2D eigenvalue weighted by Gasteiger charge is 2.46. The fourth-order valence-electron chi connectivity index (χ4n) is 3.74. The molecule has 0 bridgehead atoms. The van der Waals surface area contributed by atoms with Gasteiger partial charge in [-0.1, -0.05) is 24.3 Å². The number of nitrogens with one attached hydrogen (secondary N) is 2. The second-order valence-corrected chi connectivity index (χ2v) is 9.94. The Hall–Kier alpha value is -2.45. The summed E-state index contributed by atoms with van der Waals surface area (Å²) >= 11 is 1.77. The zero-order valence-corrected chi connectivity index (χ0v) is 19.3. The van der Waals surface area contributed by atoms with Gasteiger partial charge in [0.15, 0.2) is 5.88 Å². The Labute approximate surface area is 189 Å². The Morgan fingerprint density at radius 2 is 1.90 bits per heavy atom. The van der Waals surface area contributed by atoms with Gasteiger partial charge in [-0.05, 0) is 49.8 Å². The van der Waals surface area contributed by atoms with E-state index < -0.39 is 0 Å². The number of rotatable bonds is 7. The number of amidine groups is 1. The molecule has 2 fully saturated rings. The van der Waals surface area contributed by atoms with Crippen LogP contribution in [0, 0.1) is 10.8 Å². The zero-order chi connectivity index (χ0) is 23.1. The summed E-state index contributed by atoms with van der Waals surface area (Å²) in [4.78, 5) is 2.21. The summed E-state index contributed by atoms with van der Waals surface area (Å²) in [5, 5.41) is 23.7. The van der Waals surface area contributed by atoms with Crippen LogP contribution in [0.1, 0.15) is 37.3 Å². The van der Waals surface area contributed by atoms with Crippen molar-refractivity contribution in [2.75, 3.05) is 32.6 Å². The minimum atomic E-state index is -0.241. The topological polar surface area (TPSA) is 132 Å². The van der Waals surface area contributed by atoms with Crippen molar-refractivity contribution < 1.29 is 9.84 Å². The van der Waals surface area contributed by atoms with E-state index in [1.165, 1.54) is 12.7 Å². The maximum Gasteiger partial charge on any atom is 0.183 e. The van der Waals surface area contributed by atoms with Crippen molar-refractivity contribution in [3.05, 3.63) is 53.4 Å². The Balaban J connectivity index is 0.00000166. The first kappa shape index (κ1) is 24.8. The van der Waals surface area contributed by atoms with Gasteiger partial charge in [0.25, 0.3) is 0 Å². The average molecular weight is 446 g/mol. The molecule has 0 aromatic heterocycles. The van der Waals surface area contributed by atoms with Crippen molar-refractivity contribution in [1.29, 1.82) is 10.8 Å².